The van der Waals surface area contributed by atoms with Crippen molar-refractivity contribution in [2.45, 2.75) is 32.7 Å². The van der Waals surface area contributed by atoms with E-state index in [4.69, 9.17) is 4.74 Å². The number of carbonyl (C=O) groups is 5. The summed E-state index contributed by atoms with van der Waals surface area (Å²) in [5, 5.41) is 4.49. The van der Waals surface area contributed by atoms with Gasteiger partial charge >= 0.3 is 12.0 Å². The maximum atomic E-state index is 11.9. The van der Waals surface area contributed by atoms with E-state index >= 15 is 0 Å². The van der Waals surface area contributed by atoms with Gasteiger partial charge in [0.1, 0.15) is 0 Å². The Morgan fingerprint density at radius 2 is 1.65 bits per heavy atom. The van der Waals surface area contributed by atoms with E-state index in [0.29, 0.717) is 5.69 Å². The number of nitrogens with one attached hydrogen (secondary N) is 2. The van der Waals surface area contributed by atoms with Crippen LogP contribution in [0.3, 0.4) is 0 Å². The number of urea groups is 1. The molecule has 0 bridgehead atoms. The standard InChI is InChI=1S/C17H19N3O6/c1-10(2)18-17(25)19-13(21)9-26-16(24)11-3-5-12(6-4-11)20-14(22)7-8-15(20)23/h3-6,10H,7-9H2,1-2H3,(H2,18,19,21,25). The highest BCUT2D eigenvalue weighted by atomic mass is 16.5. The maximum absolute atomic E-state index is 11.9. The number of imide groups is 2. The molecule has 0 saturated carbocycles. The van der Waals surface area contributed by atoms with Crippen molar-refractivity contribution in [1.82, 2.24) is 10.6 Å². The van der Waals surface area contributed by atoms with Crippen molar-refractivity contribution in [1.29, 1.82) is 0 Å². The predicted molar refractivity (Wildman–Crippen MR) is 90.3 cm³/mol. The van der Waals surface area contributed by atoms with Gasteiger partial charge in [0.2, 0.25) is 11.8 Å². The van der Waals surface area contributed by atoms with Gasteiger partial charge in [-0.1, -0.05) is 0 Å². The third kappa shape index (κ3) is 4.88. The number of rotatable bonds is 5. The molecular weight excluding hydrogens is 342 g/mol. The molecule has 0 atom stereocenters. The molecule has 2 rings (SSSR count). The number of benzene rings is 1. The minimum atomic E-state index is -0.768. The van der Waals surface area contributed by atoms with Crippen molar-refractivity contribution in [2.75, 3.05) is 11.5 Å². The molecule has 0 spiro atoms. The summed E-state index contributed by atoms with van der Waals surface area (Å²) in [7, 11) is 0. The van der Waals surface area contributed by atoms with Gasteiger partial charge in [-0.2, -0.15) is 0 Å². The minimum Gasteiger partial charge on any atom is -0.452 e. The van der Waals surface area contributed by atoms with Crippen molar-refractivity contribution in [3.63, 3.8) is 0 Å². The van der Waals surface area contributed by atoms with Crippen LogP contribution in [0.5, 0.6) is 0 Å². The van der Waals surface area contributed by atoms with Crippen LogP contribution in [0.1, 0.15) is 37.0 Å². The van der Waals surface area contributed by atoms with Crippen molar-refractivity contribution in [3.05, 3.63) is 29.8 Å². The lowest BCUT2D eigenvalue weighted by molar-refractivity contribution is -0.123. The van der Waals surface area contributed by atoms with Gasteiger partial charge in [-0.3, -0.25) is 24.6 Å². The Morgan fingerprint density at radius 3 is 2.19 bits per heavy atom. The summed E-state index contributed by atoms with van der Waals surface area (Å²) in [6.45, 7) is 2.85. The summed E-state index contributed by atoms with van der Waals surface area (Å²) in [5.74, 6) is -2.11. The number of nitrogens with zero attached hydrogens (tertiary/aromatic N) is 1. The van der Waals surface area contributed by atoms with E-state index in [-0.39, 0.29) is 36.3 Å². The third-order valence-electron chi connectivity index (χ3n) is 3.42. The van der Waals surface area contributed by atoms with Crippen LogP contribution in [0, 0.1) is 0 Å². The first-order chi connectivity index (χ1) is 12.3. The molecule has 2 N–H and O–H groups in total. The molecule has 1 saturated heterocycles. The number of amides is 5. The van der Waals surface area contributed by atoms with Crippen LogP contribution in [0.2, 0.25) is 0 Å². The highest BCUT2D eigenvalue weighted by Gasteiger charge is 2.30. The van der Waals surface area contributed by atoms with Crippen LogP contribution in [0.25, 0.3) is 0 Å². The highest BCUT2D eigenvalue weighted by Crippen LogP contribution is 2.22. The fourth-order valence-corrected chi connectivity index (χ4v) is 2.29. The Kier molecular flexibility index (Phi) is 6.05. The Hall–Kier alpha value is -3.23. The molecular formula is C17H19N3O6. The van der Waals surface area contributed by atoms with Gasteiger partial charge in [-0.25, -0.2) is 9.59 Å². The number of carbonyl (C=O) groups excluding carboxylic acids is 5. The van der Waals surface area contributed by atoms with Crippen LogP contribution in [0.4, 0.5) is 10.5 Å². The molecule has 1 aromatic rings. The molecule has 1 aliphatic rings. The average molecular weight is 361 g/mol. The van der Waals surface area contributed by atoms with Gasteiger partial charge in [0.25, 0.3) is 5.91 Å². The Bertz CT molecular complexity index is 725. The first-order valence-electron chi connectivity index (χ1n) is 8.01. The second kappa shape index (κ2) is 8.24. The normalized spacial score (nSPS) is 13.7. The molecule has 1 aromatic carbocycles. The van der Waals surface area contributed by atoms with E-state index in [2.05, 4.69) is 5.32 Å². The number of anilines is 1. The lowest BCUT2D eigenvalue weighted by Crippen LogP contribution is -2.44. The number of hydrogen-bond donors (Lipinski definition) is 2. The topological polar surface area (TPSA) is 122 Å². The fraction of sp³-hybridized carbons (Fsp3) is 0.353. The van der Waals surface area contributed by atoms with Crippen LogP contribution in [-0.2, 0) is 19.1 Å². The molecule has 5 amide bonds. The summed E-state index contributed by atoms with van der Waals surface area (Å²) in [6, 6.07) is 4.87. The van der Waals surface area contributed by atoms with Gasteiger partial charge in [0.15, 0.2) is 6.61 Å². The van der Waals surface area contributed by atoms with Gasteiger partial charge in [-0.15, -0.1) is 0 Å². The lowest BCUT2D eigenvalue weighted by atomic mass is 10.2. The van der Waals surface area contributed by atoms with E-state index in [1.54, 1.807) is 13.8 Å². The SMILES string of the molecule is CC(C)NC(=O)NC(=O)COC(=O)c1ccc(N2C(=O)CCC2=O)cc1. The van der Waals surface area contributed by atoms with Crippen molar-refractivity contribution in [3.8, 4) is 0 Å². The van der Waals surface area contributed by atoms with Crippen molar-refractivity contribution < 1.29 is 28.7 Å². The molecule has 1 fully saturated rings. The third-order valence-corrected chi connectivity index (χ3v) is 3.42. The van der Waals surface area contributed by atoms with Crippen molar-refractivity contribution >= 4 is 35.4 Å². The molecule has 26 heavy (non-hydrogen) atoms. The number of esters is 1. The number of ether oxygens (including phenoxy) is 1. The summed E-state index contributed by atoms with van der Waals surface area (Å²) < 4.78 is 4.82. The van der Waals surface area contributed by atoms with Crippen molar-refractivity contribution in [2.24, 2.45) is 0 Å². The highest BCUT2D eigenvalue weighted by molar-refractivity contribution is 6.19. The molecule has 0 unspecified atom stereocenters. The monoisotopic (exact) mass is 361 g/mol. The minimum absolute atomic E-state index is 0.141. The molecule has 9 heteroatoms. The van der Waals surface area contributed by atoms with Gasteiger partial charge in [0.05, 0.1) is 11.3 Å². The van der Waals surface area contributed by atoms with Gasteiger partial charge in [0, 0.05) is 18.9 Å². The molecule has 0 radical (unpaired) electrons. The zero-order valence-corrected chi connectivity index (χ0v) is 14.4. The molecule has 0 aromatic heterocycles. The second-order valence-electron chi connectivity index (χ2n) is 5.92. The smallest absolute Gasteiger partial charge is 0.338 e. The van der Waals surface area contributed by atoms with E-state index in [1.165, 1.54) is 24.3 Å². The Morgan fingerprint density at radius 1 is 1.08 bits per heavy atom. The van der Waals surface area contributed by atoms with Crippen LogP contribution in [0.15, 0.2) is 24.3 Å². The van der Waals surface area contributed by atoms with Gasteiger partial charge in [-0.05, 0) is 38.1 Å². The summed E-state index contributed by atoms with van der Waals surface area (Å²) in [6.07, 6.45) is 0.338. The number of hydrogen-bond acceptors (Lipinski definition) is 6. The zero-order chi connectivity index (χ0) is 19.3. The van der Waals surface area contributed by atoms with E-state index in [0.717, 1.165) is 4.90 Å². The summed E-state index contributed by atoms with van der Waals surface area (Å²) in [5.41, 5.74) is 0.518. The lowest BCUT2D eigenvalue weighted by Gasteiger charge is -2.14. The summed E-state index contributed by atoms with van der Waals surface area (Å²) >= 11 is 0. The molecule has 0 aliphatic carbocycles. The first-order valence-corrected chi connectivity index (χ1v) is 8.01. The quantitative estimate of drug-likeness (QED) is 0.589. The molecule has 9 nitrogen and oxygen atoms in total. The largest absolute Gasteiger partial charge is 0.452 e. The molecule has 1 aliphatic heterocycles. The maximum Gasteiger partial charge on any atom is 0.338 e. The van der Waals surface area contributed by atoms with Gasteiger partial charge < -0.3 is 10.1 Å². The van der Waals surface area contributed by atoms with Crippen LogP contribution < -0.4 is 15.5 Å². The average Bonchev–Trinajstić information content (AvgIpc) is 2.90. The fourth-order valence-electron chi connectivity index (χ4n) is 2.29. The zero-order valence-electron chi connectivity index (χ0n) is 14.4. The first kappa shape index (κ1) is 19.1. The second-order valence-corrected chi connectivity index (χ2v) is 5.92. The van der Waals surface area contributed by atoms with Crippen LogP contribution >= 0.6 is 0 Å². The van der Waals surface area contributed by atoms with E-state index < -0.39 is 24.5 Å². The Labute approximate surface area is 149 Å². The van der Waals surface area contributed by atoms with Crippen LogP contribution in [-0.4, -0.2) is 42.4 Å². The molecule has 138 valence electrons. The Balaban J connectivity index is 1.88. The van der Waals surface area contributed by atoms with E-state index in [1.807, 2.05) is 5.32 Å². The predicted octanol–water partition coefficient (Wildman–Crippen LogP) is 0.731. The molecule has 1 heterocycles. The summed E-state index contributed by atoms with van der Waals surface area (Å²) in [4.78, 5) is 59.2. The van der Waals surface area contributed by atoms with E-state index in [9.17, 15) is 24.0 Å².